The van der Waals surface area contributed by atoms with Crippen molar-refractivity contribution in [2.75, 3.05) is 18.0 Å². The third-order valence-electron chi connectivity index (χ3n) is 4.98. The summed E-state index contributed by atoms with van der Waals surface area (Å²) in [7, 11) is 0. The number of aromatic nitrogens is 2. The third-order valence-corrected chi connectivity index (χ3v) is 5.30. The van der Waals surface area contributed by atoms with Crippen molar-refractivity contribution in [3.63, 3.8) is 0 Å². The van der Waals surface area contributed by atoms with Gasteiger partial charge in [0.2, 0.25) is 0 Å². The molecular formula is C21H20ClFN4O2. The van der Waals surface area contributed by atoms with E-state index in [-0.39, 0.29) is 28.4 Å². The van der Waals surface area contributed by atoms with Crippen molar-refractivity contribution in [2.24, 2.45) is 0 Å². The largest absolute Gasteiger partial charge is 0.360 e. The van der Waals surface area contributed by atoms with Crippen molar-refractivity contribution in [3.8, 4) is 11.3 Å². The molecule has 0 atom stereocenters. The van der Waals surface area contributed by atoms with Crippen molar-refractivity contribution < 1.29 is 13.7 Å². The summed E-state index contributed by atoms with van der Waals surface area (Å²) in [5.41, 5.74) is 1.16. The van der Waals surface area contributed by atoms with E-state index in [4.69, 9.17) is 16.1 Å². The van der Waals surface area contributed by atoms with Gasteiger partial charge in [0.15, 0.2) is 0 Å². The summed E-state index contributed by atoms with van der Waals surface area (Å²) in [6.07, 6.45) is 4.13. The van der Waals surface area contributed by atoms with Gasteiger partial charge in [-0.25, -0.2) is 9.37 Å². The van der Waals surface area contributed by atoms with Crippen LogP contribution in [0.15, 0.2) is 41.1 Å². The van der Waals surface area contributed by atoms with E-state index in [1.165, 1.54) is 25.0 Å². The molecule has 1 N–H and O–H groups in total. The van der Waals surface area contributed by atoms with E-state index < -0.39 is 11.7 Å². The molecule has 0 bridgehead atoms. The summed E-state index contributed by atoms with van der Waals surface area (Å²) in [6, 6.07) is 8.20. The molecule has 3 heterocycles. The molecular weight excluding hydrogens is 395 g/mol. The molecule has 4 rings (SSSR count). The topological polar surface area (TPSA) is 71.3 Å². The molecule has 29 heavy (non-hydrogen) atoms. The highest BCUT2D eigenvalue weighted by molar-refractivity contribution is 6.33. The van der Waals surface area contributed by atoms with Gasteiger partial charge in [-0.2, -0.15) is 0 Å². The predicted octanol–water partition coefficient (Wildman–Crippen LogP) is 4.37. The summed E-state index contributed by atoms with van der Waals surface area (Å²) in [6.45, 7) is 3.93. The first-order chi connectivity index (χ1) is 14.0. The first kappa shape index (κ1) is 19.4. The number of hydrogen-bond donors (Lipinski definition) is 1. The Labute approximate surface area is 172 Å². The normalized spacial score (nSPS) is 13.7. The van der Waals surface area contributed by atoms with Gasteiger partial charge in [-0.3, -0.25) is 4.79 Å². The maximum atomic E-state index is 14.3. The lowest BCUT2D eigenvalue weighted by Gasteiger charge is -2.16. The Balaban J connectivity index is 1.50. The molecule has 150 valence electrons. The summed E-state index contributed by atoms with van der Waals surface area (Å²) < 4.78 is 19.4. The minimum Gasteiger partial charge on any atom is -0.360 e. The molecule has 2 aromatic heterocycles. The molecule has 0 radical (unpaired) electrons. The lowest BCUT2D eigenvalue weighted by atomic mass is 10.0. The second kappa shape index (κ2) is 8.21. The molecule has 0 saturated carbocycles. The molecule has 1 aliphatic heterocycles. The van der Waals surface area contributed by atoms with Crippen LogP contribution >= 0.6 is 11.6 Å². The van der Waals surface area contributed by atoms with E-state index >= 15 is 0 Å². The van der Waals surface area contributed by atoms with Crippen LogP contribution in [-0.4, -0.2) is 29.1 Å². The Morgan fingerprint density at radius 3 is 2.76 bits per heavy atom. The molecule has 1 aromatic carbocycles. The molecule has 6 nitrogen and oxygen atoms in total. The van der Waals surface area contributed by atoms with Crippen molar-refractivity contribution in [2.45, 2.75) is 26.3 Å². The highest BCUT2D eigenvalue weighted by atomic mass is 35.5. The van der Waals surface area contributed by atoms with Crippen molar-refractivity contribution >= 4 is 23.3 Å². The number of aryl methyl sites for hydroxylation is 1. The SMILES string of the molecule is Cc1onc(-c2c(F)cccc2Cl)c1C(=O)NCc1ccc(N2CCCC2)nc1. The van der Waals surface area contributed by atoms with Gasteiger partial charge in [0.05, 0.1) is 10.6 Å². The zero-order valence-corrected chi connectivity index (χ0v) is 16.7. The van der Waals surface area contributed by atoms with Crippen LogP contribution in [0.1, 0.15) is 34.5 Å². The van der Waals surface area contributed by atoms with Crippen LogP contribution in [0.3, 0.4) is 0 Å². The number of pyridine rings is 1. The van der Waals surface area contributed by atoms with Crippen LogP contribution in [0.4, 0.5) is 10.2 Å². The first-order valence-corrected chi connectivity index (χ1v) is 9.81. The average molecular weight is 415 g/mol. The van der Waals surface area contributed by atoms with Crippen molar-refractivity contribution in [1.29, 1.82) is 0 Å². The predicted molar refractivity (Wildman–Crippen MR) is 108 cm³/mol. The van der Waals surface area contributed by atoms with Gasteiger partial charge in [0.25, 0.3) is 5.91 Å². The van der Waals surface area contributed by atoms with E-state index in [1.807, 2.05) is 12.1 Å². The Hall–Kier alpha value is -2.93. The quantitative estimate of drug-likeness (QED) is 0.671. The fourth-order valence-corrected chi connectivity index (χ4v) is 3.71. The Morgan fingerprint density at radius 2 is 2.07 bits per heavy atom. The minimum absolute atomic E-state index is 0.0489. The standard InChI is InChI=1S/C21H20ClFN4O2/c1-13-18(20(26-29-13)19-15(22)5-4-6-16(19)23)21(28)25-12-14-7-8-17(24-11-14)27-9-2-3-10-27/h4-8,11H,2-3,9-10,12H2,1H3,(H,25,28). The number of hydrogen-bond acceptors (Lipinski definition) is 5. The van der Waals surface area contributed by atoms with Crippen LogP contribution in [-0.2, 0) is 6.54 Å². The maximum Gasteiger partial charge on any atom is 0.257 e. The minimum atomic E-state index is -0.568. The second-order valence-electron chi connectivity index (χ2n) is 6.96. The smallest absolute Gasteiger partial charge is 0.257 e. The Kier molecular flexibility index (Phi) is 5.49. The van der Waals surface area contributed by atoms with E-state index in [0.29, 0.717) is 5.76 Å². The summed E-state index contributed by atoms with van der Waals surface area (Å²) in [5.74, 6) is 0.256. The summed E-state index contributed by atoms with van der Waals surface area (Å²) in [4.78, 5) is 19.5. The molecule has 1 saturated heterocycles. The van der Waals surface area contributed by atoms with Crippen LogP contribution < -0.4 is 10.2 Å². The van der Waals surface area contributed by atoms with Crippen LogP contribution in [0.25, 0.3) is 11.3 Å². The van der Waals surface area contributed by atoms with Gasteiger partial charge in [0.1, 0.15) is 28.7 Å². The molecule has 1 amide bonds. The maximum absolute atomic E-state index is 14.3. The highest BCUT2D eigenvalue weighted by Gasteiger charge is 2.25. The van der Waals surface area contributed by atoms with Gasteiger partial charge < -0.3 is 14.7 Å². The number of halogens is 2. The third kappa shape index (κ3) is 3.96. The highest BCUT2D eigenvalue weighted by Crippen LogP contribution is 2.33. The van der Waals surface area contributed by atoms with E-state index in [0.717, 1.165) is 24.5 Å². The van der Waals surface area contributed by atoms with Gasteiger partial charge >= 0.3 is 0 Å². The molecule has 0 spiro atoms. The summed E-state index contributed by atoms with van der Waals surface area (Å²) >= 11 is 6.13. The Bertz CT molecular complexity index is 1010. The molecule has 1 fully saturated rings. The lowest BCUT2D eigenvalue weighted by molar-refractivity contribution is 0.0950. The van der Waals surface area contributed by atoms with Crippen LogP contribution in [0.5, 0.6) is 0 Å². The number of nitrogens with one attached hydrogen (secondary N) is 1. The molecule has 0 unspecified atom stereocenters. The van der Waals surface area contributed by atoms with Gasteiger partial charge in [-0.15, -0.1) is 0 Å². The number of carbonyl (C=O) groups excluding carboxylic acids is 1. The number of nitrogens with zero attached hydrogens (tertiary/aromatic N) is 3. The van der Waals surface area contributed by atoms with Crippen molar-refractivity contribution in [1.82, 2.24) is 15.5 Å². The van der Waals surface area contributed by atoms with Crippen LogP contribution in [0, 0.1) is 12.7 Å². The van der Waals surface area contributed by atoms with Gasteiger partial charge in [0, 0.05) is 25.8 Å². The molecule has 1 aliphatic rings. The number of benzene rings is 1. The number of amides is 1. The van der Waals surface area contributed by atoms with Crippen molar-refractivity contribution in [3.05, 3.63) is 64.3 Å². The lowest BCUT2D eigenvalue weighted by Crippen LogP contribution is -2.24. The first-order valence-electron chi connectivity index (χ1n) is 9.43. The Morgan fingerprint density at radius 1 is 1.28 bits per heavy atom. The second-order valence-corrected chi connectivity index (χ2v) is 7.37. The fourth-order valence-electron chi connectivity index (χ4n) is 3.46. The van der Waals surface area contributed by atoms with E-state index in [1.54, 1.807) is 19.2 Å². The van der Waals surface area contributed by atoms with Gasteiger partial charge in [-0.1, -0.05) is 28.9 Å². The molecule has 8 heteroatoms. The summed E-state index contributed by atoms with van der Waals surface area (Å²) in [5, 5.41) is 6.84. The number of anilines is 1. The van der Waals surface area contributed by atoms with E-state index in [2.05, 4.69) is 20.4 Å². The molecule has 3 aromatic rings. The zero-order chi connectivity index (χ0) is 20.4. The number of carbonyl (C=O) groups is 1. The van der Waals surface area contributed by atoms with Gasteiger partial charge in [-0.05, 0) is 43.5 Å². The van der Waals surface area contributed by atoms with Crippen LogP contribution in [0.2, 0.25) is 5.02 Å². The molecule has 0 aliphatic carbocycles. The fraction of sp³-hybridized carbons (Fsp3) is 0.286. The number of rotatable bonds is 5. The van der Waals surface area contributed by atoms with E-state index in [9.17, 15) is 9.18 Å². The average Bonchev–Trinajstić information content (AvgIpc) is 3.37. The monoisotopic (exact) mass is 414 g/mol. The zero-order valence-electron chi connectivity index (χ0n) is 15.9.